The molecule has 0 fully saturated rings. The van der Waals surface area contributed by atoms with E-state index in [4.69, 9.17) is 5.73 Å². The minimum absolute atomic E-state index is 0. The first-order chi connectivity index (χ1) is 3.68. The molecule has 0 aromatic heterocycles. The maximum absolute atomic E-state index is 5.90. The molecular weight excluding hydrogens is 314 g/mol. The van der Waals surface area contributed by atoms with Crippen molar-refractivity contribution >= 4 is 13.5 Å². The normalized spacial score (nSPS) is 9.60. The molecule has 64 valence electrons. The van der Waals surface area contributed by atoms with Gasteiger partial charge in [0, 0.05) is 26.6 Å². The minimum Gasteiger partial charge on any atom is -0.325 e. The van der Waals surface area contributed by atoms with E-state index >= 15 is 0 Å². The van der Waals surface area contributed by atoms with E-state index in [9.17, 15) is 0 Å². The standard InChI is InChI=1S/C7H17N.H2S.W/c1-4-7(8,5-2)6-3;;/h4-6,8H2,1-3H3;1H2;. The summed E-state index contributed by atoms with van der Waals surface area (Å²) in [5.41, 5.74) is 6.02. The summed E-state index contributed by atoms with van der Waals surface area (Å²) in [5.74, 6) is 0. The molecule has 0 heterocycles. The second-order valence-electron chi connectivity index (χ2n) is 2.42. The second kappa shape index (κ2) is 8.10. The van der Waals surface area contributed by atoms with Gasteiger partial charge in [-0.05, 0) is 19.3 Å². The molecule has 0 rings (SSSR count). The van der Waals surface area contributed by atoms with Crippen molar-refractivity contribution in [3.05, 3.63) is 0 Å². The Morgan fingerprint density at radius 2 is 1.20 bits per heavy atom. The molecule has 0 aliphatic rings. The van der Waals surface area contributed by atoms with Gasteiger partial charge in [-0.25, -0.2) is 0 Å². The van der Waals surface area contributed by atoms with Crippen molar-refractivity contribution in [2.75, 3.05) is 0 Å². The zero-order chi connectivity index (χ0) is 6.62. The van der Waals surface area contributed by atoms with Gasteiger partial charge in [0.1, 0.15) is 0 Å². The Morgan fingerprint density at radius 3 is 1.20 bits per heavy atom. The van der Waals surface area contributed by atoms with Gasteiger partial charge in [-0.3, -0.25) is 0 Å². The Hall–Kier alpha value is 0.998. The van der Waals surface area contributed by atoms with E-state index in [1.165, 1.54) is 0 Å². The zero-order valence-corrected chi connectivity index (χ0v) is 11.0. The van der Waals surface area contributed by atoms with Crippen LogP contribution in [0.2, 0.25) is 0 Å². The van der Waals surface area contributed by atoms with E-state index < -0.39 is 0 Å². The number of hydrogen-bond donors (Lipinski definition) is 1. The van der Waals surface area contributed by atoms with Crippen molar-refractivity contribution < 1.29 is 21.1 Å². The monoisotopic (exact) mass is 333 g/mol. The molecule has 0 radical (unpaired) electrons. The minimum atomic E-state index is 0. The van der Waals surface area contributed by atoms with Crippen LogP contribution in [-0.2, 0) is 21.1 Å². The Bertz CT molecular complexity index is 56.4. The first-order valence-corrected chi connectivity index (χ1v) is 3.47. The van der Waals surface area contributed by atoms with E-state index in [2.05, 4.69) is 20.8 Å². The molecule has 0 aliphatic heterocycles. The number of rotatable bonds is 3. The molecule has 0 spiro atoms. The molecule has 0 amide bonds. The number of nitrogens with two attached hydrogens (primary N) is 1. The van der Waals surface area contributed by atoms with Gasteiger partial charge in [0.15, 0.2) is 0 Å². The van der Waals surface area contributed by atoms with Crippen LogP contribution in [0, 0.1) is 0 Å². The maximum atomic E-state index is 5.90. The Labute approximate surface area is 85.8 Å². The predicted octanol–water partition coefficient (Wildman–Crippen LogP) is 2.02. The summed E-state index contributed by atoms with van der Waals surface area (Å²) in [5, 5.41) is 0. The van der Waals surface area contributed by atoms with E-state index in [0.29, 0.717) is 0 Å². The van der Waals surface area contributed by atoms with Gasteiger partial charge in [-0.15, -0.1) is 0 Å². The average molecular weight is 333 g/mol. The van der Waals surface area contributed by atoms with E-state index in [1.807, 2.05) is 0 Å². The van der Waals surface area contributed by atoms with Crippen LogP contribution in [0.5, 0.6) is 0 Å². The van der Waals surface area contributed by atoms with Crippen LogP contribution in [0.3, 0.4) is 0 Å². The third-order valence-corrected chi connectivity index (χ3v) is 2.11. The zero-order valence-electron chi connectivity index (χ0n) is 7.11. The maximum Gasteiger partial charge on any atom is 0.0146 e. The summed E-state index contributed by atoms with van der Waals surface area (Å²) in [6, 6.07) is 0. The number of hydrogen-bond acceptors (Lipinski definition) is 1. The summed E-state index contributed by atoms with van der Waals surface area (Å²) in [7, 11) is 0. The molecule has 0 saturated heterocycles. The third kappa shape index (κ3) is 5.76. The third-order valence-electron chi connectivity index (χ3n) is 2.11. The van der Waals surface area contributed by atoms with E-state index in [0.717, 1.165) is 19.3 Å². The van der Waals surface area contributed by atoms with Crippen molar-refractivity contribution in [1.29, 1.82) is 0 Å². The summed E-state index contributed by atoms with van der Waals surface area (Å²) < 4.78 is 0. The van der Waals surface area contributed by atoms with Gasteiger partial charge in [0.2, 0.25) is 0 Å². The van der Waals surface area contributed by atoms with Crippen LogP contribution in [0.25, 0.3) is 0 Å². The molecule has 10 heavy (non-hydrogen) atoms. The summed E-state index contributed by atoms with van der Waals surface area (Å²) >= 11 is 0. The van der Waals surface area contributed by atoms with Crippen LogP contribution in [0.15, 0.2) is 0 Å². The van der Waals surface area contributed by atoms with Gasteiger partial charge in [0.05, 0.1) is 0 Å². The Morgan fingerprint density at radius 1 is 1.00 bits per heavy atom. The van der Waals surface area contributed by atoms with Crippen molar-refractivity contribution in [3.8, 4) is 0 Å². The molecule has 0 atom stereocenters. The van der Waals surface area contributed by atoms with E-state index in [-0.39, 0.29) is 40.1 Å². The average Bonchev–Trinajstić information content (AvgIpc) is 1.87. The molecule has 2 N–H and O–H groups in total. The molecule has 0 bridgehead atoms. The van der Waals surface area contributed by atoms with Crippen molar-refractivity contribution in [1.82, 2.24) is 0 Å². The van der Waals surface area contributed by atoms with Gasteiger partial charge in [0.25, 0.3) is 0 Å². The predicted molar refractivity (Wildman–Crippen MR) is 48.2 cm³/mol. The molecule has 0 aromatic carbocycles. The first kappa shape index (κ1) is 17.2. The SMILES string of the molecule is CCC(N)(CC)CC.S.[W]. The first-order valence-electron chi connectivity index (χ1n) is 3.47. The van der Waals surface area contributed by atoms with Crippen molar-refractivity contribution in [2.24, 2.45) is 5.73 Å². The van der Waals surface area contributed by atoms with Crippen LogP contribution in [0.4, 0.5) is 0 Å². The summed E-state index contributed by atoms with van der Waals surface area (Å²) in [6.07, 6.45) is 3.29. The molecule has 0 saturated carbocycles. The van der Waals surface area contributed by atoms with Gasteiger partial charge < -0.3 is 5.73 Å². The van der Waals surface area contributed by atoms with Crippen molar-refractivity contribution in [2.45, 2.75) is 45.6 Å². The summed E-state index contributed by atoms with van der Waals surface area (Å²) in [4.78, 5) is 0. The summed E-state index contributed by atoms with van der Waals surface area (Å²) in [6.45, 7) is 6.44. The van der Waals surface area contributed by atoms with Crippen LogP contribution in [-0.4, -0.2) is 5.54 Å². The molecule has 0 aromatic rings. The molecule has 0 unspecified atom stereocenters. The van der Waals surface area contributed by atoms with Gasteiger partial charge >= 0.3 is 0 Å². The van der Waals surface area contributed by atoms with Gasteiger partial charge in [-0.1, -0.05) is 20.8 Å². The fraction of sp³-hybridized carbons (Fsp3) is 1.00. The van der Waals surface area contributed by atoms with E-state index in [1.54, 1.807) is 0 Å². The topological polar surface area (TPSA) is 26.0 Å². The smallest absolute Gasteiger partial charge is 0.0146 e. The molecule has 3 heteroatoms. The fourth-order valence-electron chi connectivity index (χ4n) is 0.750. The van der Waals surface area contributed by atoms with Gasteiger partial charge in [-0.2, -0.15) is 13.5 Å². The largest absolute Gasteiger partial charge is 0.325 e. The molecule has 1 nitrogen and oxygen atoms in total. The van der Waals surface area contributed by atoms with Crippen LogP contribution >= 0.6 is 13.5 Å². The second-order valence-corrected chi connectivity index (χ2v) is 2.42. The van der Waals surface area contributed by atoms with Crippen molar-refractivity contribution in [3.63, 3.8) is 0 Å². The Balaban J connectivity index is -0.000000245. The van der Waals surface area contributed by atoms with Crippen LogP contribution < -0.4 is 5.73 Å². The quantitative estimate of drug-likeness (QED) is 0.840. The van der Waals surface area contributed by atoms with Crippen LogP contribution in [0.1, 0.15) is 40.0 Å². The molecular formula is C7H19NSW. The fourth-order valence-corrected chi connectivity index (χ4v) is 0.750. The molecule has 0 aliphatic carbocycles. The Kier molecular flexibility index (Phi) is 13.9.